The quantitative estimate of drug-likeness (QED) is 0.463. The molecule has 0 N–H and O–H groups in total. The van der Waals surface area contributed by atoms with E-state index in [1.54, 1.807) is 6.08 Å². The average Bonchev–Trinajstić information content (AvgIpc) is 2.60. The van der Waals surface area contributed by atoms with Gasteiger partial charge in [-0.25, -0.2) is 4.79 Å². The average molecular weight is 188 g/mol. The SMILES string of the molecule is COC(=O)C1=CCOC1(OC)OC. The number of carbonyl (C=O) groups excluding carboxylic acids is 1. The van der Waals surface area contributed by atoms with Gasteiger partial charge < -0.3 is 18.9 Å². The first-order valence-electron chi connectivity index (χ1n) is 3.73. The molecule has 0 bridgehead atoms. The van der Waals surface area contributed by atoms with E-state index in [1.807, 2.05) is 0 Å². The molecule has 0 saturated carbocycles. The summed E-state index contributed by atoms with van der Waals surface area (Å²) >= 11 is 0. The monoisotopic (exact) mass is 188 g/mol. The summed E-state index contributed by atoms with van der Waals surface area (Å²) in [5, 5.41) is 0. The summed E-state index contributed by atoms with van der Waals surface area (Å²) in [6.07, 6.45) is 1.57. The molecular formula is C8H12O5. The molecule has 13 heavy (non-hydrogen) atoms. The lowest BCUT2D eigenvalue weighted by Crippen LogP contribution is -2.39. The number of methoxy groups -OCH3 is 3. The van der Waals surface area contributed by atoms with Crippen LogP contribution in [-0.4, -0.2) is 39.9 Å². The van der Waals surface area contributed by atoms with Crippen molar-refractivity contribution in [2.45, 2.75) is 5.97 Å². The van der Waals surface area contributed by atoms with E-state index < -0.39 is 11.9 Å². The van der Waals surface area contributed by atoms with E-state index in [0.717, 1.165) is 0 Å². The van der Waals surface area contributed by atoms with Crippen LogP contribution in [0.3, 0.4) is 0 Å². The molecule has 0 spiro atoms. The Hall–Kier alpha value is -0.910. The zero-order chi connectivity index (χ0) is 9.90. The molecule has 1 aliphatic heterocycles. The topological polar surface area (TPSA) is 54.0 Å². The van der Waals surface area contributed by atoms with E-state index in [2.05, 4.69) is 4.74 Å². The molecule has 0 fully saturated rings. The van der Waals surface area contributed by atoms with Crippen LogP contribution in [0.25, 0.3) is 0 Å². The van der Waals surface area contributed by atoms with Crippen molar-refractivity contribution in [1.82, 2.24) is 0 Å². The summed E-state index contributed by atoms with van der Waals surface area (Å²) in [5.74, 6) is -1.91. The summed E-state index contributed by atoms with van der Waals surface area (Å²) in [6, 6.07) is 0. The molecule has 1 aliphatic rings. The highest BCUT2D eigenvalue weighted by molar-refractivity contribution is 5.90. The van der Waals surface area contributed by atoms with Gasteiger partial charge in [0.1, 0.15) is 5.57 Å². The van der Waals surface area contributed by atoms with Gasteiger partial charge in [-0.3, -0.25) is 0 Å². The first kappa shape index (κ1) is 10.2. The van der Waals surface area contributed by atoms with Crippen molar-refractivity contribution in [3.63, 3.8) is 0 Å². The van der Waals surface area contributed by atoms with Crippen molar-refractivity contribution in [3.8, 4) is 0 Å². The molecule has 0 aromatic heterocycles. The maximum atomic E-state index is 11.2. The molecule has 0 aromatic carbocycles. The van der Waals surface area contributed by atoms with E-state index in [-0.39, 0.29) is 12.2 Å². The molecule has 0 amide bonds. The summed E-state index contributed by atoms with van der Waals surface area (Å²) < 4.78 is 19.6. The fourth-order valence-corrected chi connectivity index (χ4v) is 1.18. The summed E-state index contributed by atoms with van der Waals surface area (Å²) in [4.78, 5) is 11.2. The van der Waals surface area contributed by atoms with Gasteiger partial charge in [0.25, 0.3) is 0 Å². The number of rotatable bonds is 3. The molecule has 0 aliphatic carbocycles. The molecule has 0 unspecified atom stereocenters. The molecular weight excluding hydrogens is 176 g/mol. The minimum Gasteiger partial charge on any atom is -0.465 e. The van der Waals surface area contributed by atoms with Gasteiger partial charge in [0.2, 0.25) is 0 Å². The van der Waals surface area contributed by atoms with Gasteiger partial charge in [0, 0.05) is 14.2 Å². The van der Waals surface area contributed by atoms with Gasteiger partial charge in [-0.1, -0.05) is 0 Å². The van der Waals surface area contributed by atoms with Crippen molar-refractivity contribution < 1.29 is 23.7 Å². The van der Waals surface area contributed by atoms with Crippen LogP contribution in [0.4, 0.5) is 0 Å². The van der Waals surface area contributed by atoms with Gasteiger partial charge in [-0.2, -0.15) is 0 Å². The van der Waals surface area contributed by atoms with Crippen molar-refractivity contribution >= 4 is 5.97 Å². The molecule has 5 nitrogen and oxygen atoms in total. The highest BCUT2D eigenvalue weighted by Gasteiger charge is 2.44. The highest BCUT2D eigenvalue weighted by Crippen LogP contribution is 2.29. The van der Waals surface area contributed by atoms with Crippen LogP contribution in [0.1, 0.15) is 0 Å². The first-order chi connectivity index (χ1) is 6.20. The second kappa shape index (κ2) is 3.87. The lowest BCUT2D eigenvalue weighted by atomic mass is 10.2. The summed E-state index contributed by atoms with van der Waals surface area (Å²) in [6.45, 7) is 0.270. The second-order valence-corrected chi connectivity index (χ2v) is 2.38. The van der Waals surface area contributed by atoms with Crippen molar-refractivity contribution in [3.05, 3.63) is 11.6 Å². The first-order valence-corrected chi connectivity index (χ1v) is 3.73. The number of hydrogen-bond donors (Lipinski definition) is 0. The number of hydrogen-bond acceptors (Lipinski definition) is 5. The Labute approximate surface area is 76.2 Å². The molecule has 74 valence electrons. The third-order valence-corrected chi connectivity index (χ3v) is 1.83. The Morgan fingerprint density at radius 3 is 2.54 bits per heavy atom. The van der Waals surface area contributed by atoms with Gasteiger partial charge in [-0.15, -0.1) is 0 Å². The standard InChI is InChI=1S/C8H12O5/c1-10-7(9)6-4-5-13-8(6,11-2)12-3/h4H,5H2,1-3H3. The zero-order valence-electron chi connectivity index (χ0n) is 7.83. The van der Waals surface area contributed by atoms with Gasteiger partial charge in [0.05, 0.1) is 13.7 Å². The van der Waals surface area contributed by atoms with E-state index >= 15 is 0 Å². The Morgan fingerprint density at radius 2 is 2.08 bits per heavy atom. The lowest BCUT2D eigenvalue weighted by Gasteiger charge is -2.26. The van der Waals surface area contributed by atoms with Crippen LogP contribution < -0.4 is 0 Å². The molecule has 5 heteroatoms. The maximum Gasteiger partial charge on any atom is 0.341 e. The van der Waals surface area contributed by atoms with E-state index in [0.29, 0.717) is 0 Å². The maximum absolute atomic E-state index is 11.2. The highest BCUT2D eigenvalue weighted by atomic mass is 16.9. The molecule has 0 atom stereocenters. The molecule has 1 heterocycles. The van der Waals surface area contributed by atoms with Crippen LogP contribution in [0.15, 0.2) is 11.6 Å². The van der Waals surface area contributed by atoms with Crippen molar-refractivity contribution in [2.75, 3.05) is 27.9 Å². The minimum absolute atomic E-state index is 0.236. The van der Waals surface area contributed by atoms with Crippen molar-refractivity contribution in [2.24, 2.45) is 0 Å². The number of esters is 1. The van der Waals surface area contributed by atoms with Crippen LogP contribution in [0.5, 0.6) is 0 Å². The van der Waals surface area contributed by atoms with Crippen LogP contribution in [-0.2, 0) is 23.7 Å². The summed E-state index contributed by atoms with van der Waals surface area (Å²) in [5.41, 5.74) is 0.236. The van der Waals surface area contributed by atoms with Crippen LogP contribution in [0, 0.1) is 0 Å². The lowest BCUT2D eigenvalue weighted by molar-refractivity contribution is -0.323. The van der Waals surface area contributed by atoms with Crippen LogP contribution in [0.2, 0.25) is 0 Å². The summed E-state index contributed by atoms with van der Waals surface area (Å²) in [7, 11) is 4.08. The predicted octanol–water partition coefficient (Wildman–Crippen LogP) is 0.0626. The third-order valence-electron chi connectivity index (χ3n) is 1.83. The fourth-order valence-electron chi connectivity index (χ4n) is 1.18. The number of carbonyl (C=O) groups is 1. The van der Waals surface area contributed by atoms with E-state index in [1.165, 1.54) is 21.3 Å². The van der Waals surface area contributed by atoms with Crippen LogP contribution >= 0.6 is 0 Å². The van der Waals surface area contributed by atoms with Gasteiger partial charge in [-0.05, 0) is 6.08 Å². The molecule has 0 saturated heterocycles. The van der Waals surface area contributed by atoms with Gasteiger partial charge in [0.15, 0.2) is 0 Å². The Bertz CT molecular complexity index is 229. The normalized spacial score (nSPS) is 19.8. The molecule has 0 radical (unpaired) electrons. The molecule has 0 aromatic rings. The van der Waals surface area contributed by atoms with Gasteiger partial charge >= 0.3 is 11.9 Å². The fraction of sp³-hybridized carbons (Fsp3) is 0.625. The smallest absolute Gasteiger partial charge is 0.341 e. The number of ether oxygens (including phenoxy) is 4. The zero-order valence-corrected chi connectivity index (χ0v) is 7.83. The second-order valence-electron chi connectivity index (χ2n) is 2.38. The molecule has 1 rings (SSSR count). The van der Waals surface area contributed by atoms with E-state index in [9.17, 15) is 4.79 Å². The Morgan fingerprint density at radius 1 is 1.46 bits per heavy atom. The van der Waals surface area contributed by atoms with Crippen molar-refractivity contribution in [1.29, 1.82) is 0 Å². The predicted molar refractivity (Wildman–Crippen MR) is 42.8 cm³/mol. The largest absolute Gasteiger partial charge is 0.465 e. The minimum atomic E-state index is -1.40. The van der Waals surface area contributed by atoms with E-state index in [4.69, 9.17) is 14.2 Å². The Balaban J connectivity index is 2.88. The third kappa shape index (κ3) is 1.58. The Kier molecular flexibility index (Phi) is 3.02.